The lowest BCUT2D eigenvalue weighted by molar-refractivity contribution is 0.00800. The first-order valence-electron chi connectivity index (χ1n) is 4.00. The number of rotatable bonds is 2. The zero-order valence-electron chi connectivity index (χ0n) is 8.18. The third-order valence-electron chi connectivity index (χ3n) is 1.87. The molecule has 0 heterocycles. The van der Waals surface area contributed by atoms with Crippen LogP contribution in [0.1, 0.15) is 12.5 Å². The van der Waals surface area contributed by atoms with Crippen LogP contribution < -0.4 is 4.74 Å². The molecule has 1 rings (SSSR count). The summed E-state index contributed by atoms with van der Waals surface area (Å²) in [4.78, 5) is 0. The second kappa shape index (κ2) is 3.88. The van der Waals surface area contributed by atoms with Gasteiger partial charge in [0.2, 0.25) is 11.6 Å². The molecule has 0 unspecified atom stereocenters. The lowest BCUT2D eigenvalue weighted by Gasteiger charge is -2.15. The summed E-state index contributed by atoms with van der Waals surface area (Å²) >= 11 is 0. The minimum Gasteiger partial charge on any atom is -0.491 e. The van der Waals surface area contributed by atoms with Crippen molar-refractivity contribution in [1.29, 1.82) is 0 Å². The molecular weight excluding hydrogens is 238 g/mol. The average molecular weight is 244 g/mol. The Bertz CT molecular complexity index is 394. The smallest absolute Gasteiger partial charge is 0.276 e. The van der Waals surface area contributed by atoms with Crippen LogP contribution in [0.4, 0.5) is 26.3 Å². The number of halogens is 6. The highest BCUT2D eigenvalue weighted by Gasteiger charge is 2.38. The van der Waals surface area contributed by atoms with E-state index in [9.17, 15) is 26.3 Å². The highest BCUT2D eigenvalue weighted by atomic mass is 19.3. The van der Waals surface area contributed by atoms with E-state index in [4.69, 9.17) is 0 Å². The summed E-state index contributed by atoms with van der Waals surface area (Å²) in [5.74, 6) is -13.7. The summed E-state index contributed by atoms with van der Waals surface area (Å²) in [6.45, 7) is 0.125. The van der Waals surface area contributed by atoms with Crippen molar-refractivity contribution < 1.29 is 31.1 Å². The predicted octanol–water partition coefficient (Wildman–Crippen LogP) is 3.36. The number of ether oxygens (including phenoxy) is 1. The second-order valence-electron chi connectivity index (χ2n) is 3.05. The van der Waals surface area contributed by atoms with Gasteiger partial charge in [0.1, 0.15) is 0 Å². The zero-order valence-corrected chi connectivity index (χ0v) is 8.18. The molecule has 0 amide bonds. The van der Waals surface area contributed by atoms with Gasteiger partial charge in [0, 0.05) is 6.92 Å². The topological polar surface area (TPSA) is 9.23 Å². The number of alkyl halides is 2. The Morgan fingerprint density at radius 2 is 1.25 bits per heavy atom. The van der Waals surface area contributed by atoms with Crippen molar-refractivity contribution in [3.8, 4) is 5.75 Å². The van der Waals surface area contributed by atoms with E-state index in [-0.39, 0.29) is 6.92 Å². The molecule has 0 radical (unpaired) electrons. The molecule has 1 aromatic rings. The maximum atomic E-state index is 13.0. The van der Waals surface area contributed by atoms with E-state index in [1.54, 1.807) is 0 Å². The molecule has 0 aliphatic rings. The Labute approximate surface area is 86.6 Å². The van der Waals surface area contributed by atoms with E-state index in [0.29, 0.717) is 0 Å². The molecule has 1 aromatic carbocycles. The van der Waals surface area contributed by atoms with Gasteiger partial charge in [0.05, 0.1) is 12.7 Å². The largest absolute Gasteiger partial charge is 0.491 e. The Kier molecular flexibility index (Phi) is 3.07. The van der Waals surface area contributed by atoms with Crippen molar-refractivity contribution in [1.82, 2.24) is 0 Å². The zero-order chi connectivity index (χ0) is 12.7. The van der Waals surface area contributed by atoms with Crippen LogP contribution in [0.2, 0.25) is 0 Å². The maximum Gasteiger partial charge on any atom is 0.276 e. The molecule has 0 aliphatic heterocycles. The van der Waals surface area contributed by atoms with Crippen molar-refractivity contribution >= 4 is 0 Å². The van der Waals surface area contributed by atoms with Gasteiger partial charge in [-0.2, -0.15) is 8.78 Å². The van der Waals surface area contributed by atoms with Crippen LogP contribution in [0, 0.1) is 23.3 Å². The van der Waals surface area contributed by atoms with Crippen molar-refractivity contribution in [2.45, 2.75) is 12.8 Å². The maximum absolute atomic E-state index is 13.0. The van der Waals surface area contributed by atoms with Crippen molar-refractivity contribution in [2.24, 2.45) is 0 Å². The van der Waals surface area contributed by atoms with Crippen LogP contribution in [0.5, 0.6) is 5.75 Å². The number of methoxy groups -OCH3 is 1. The van der Waals surface area contributed by atoms with Gasteiger partial charge >= 0.3 is 0 Å². The van der Waals surface area contributed by atoms with Gasteiger partial charge in [-0.3, -0.25) is 0 Å². The number of hydrogen-bond donors (Lipinski definition) is 0. The van der Waals surface area contributed by atoms with Crippen LogP contribution in [-0.4, -0.2) is 7.11 Å². The monoisotopic (exact) mass is 244 g/mol. The summed E-state index contributed by atoms with van der Waals surface area (Å²) in [6, 6.07) is 0. The lowest BCUT2D eigenvalue weighted by Crippen LogP contribution is -2.17. The summed E-state index contributed by atoms with van der Waals surface area (Å²) in [6.07, 6.45) is 0. The first-order chi connectivity index (χ1) is 7.21. The Hall–Kier alpha value is -1.40. The summed E-state index contributed by atoms with van der Waals surface area (Å²) in [5, 5.41) is 0. The first-order valence-corrected chi connectivity index (χ1v) is 4.00. The Morgan fingerprint density at radius 1 is 0.875 bits per heavy atom. The molecule has 90 valence electrons. The number of benzene rings is 1. The van der Waals surface area contributed by atoms with E-state index in [2.05, 4.69) is 4.74 Å². The van der Waals surface area contributed by atoms with Crippen LogP contribution in [-0.2, 0) is 5.92 Å². The molecule has 0 spiro atoms. The quantitative estimate of drug-likeness (QED) is 0.572. The van der Waals surface area contributed by atoms with E-state index in [1.807, 2.05) is 0 Å². The third kappa shape index (κ3) is 1.81. The van der Waals surface area contributed by atoms with Gasteiger partial charge in [-0.25, -0.2) is 17.6 Å². The first kappa shape index (κ1) is 12.7. The molecule has 7 heteroatoms. The SMILES string of the molecule is COc1c(F)c(F)c(C(C)(F)F)c(F)c1F. The Morgan fingerprint density at radius 3 is 1.50 bits per heavy atom. The molecule has 0 bridgehead atoms. The second-order valence-corrected chi connectivity index (χ2v) is 3.05. The molecule has 0 aromatic heterocycles. The molecular formula is C9H6F6O. The summed E-state index contributed by atoms with van der Waals surface area (Å²) < 4.78 is 81.5. The highest BCUT2D eigenvalue weighted by Crippen LogP contribution is 2.37. The molecule has 0 atom stereocenters. The predicted molar refractivity (Wildman–Crippen MR) is 42.4 cm³/mol. The average Bonchev–Trinajstić information content (AvgIpc) is 2.14. The van der Waals surface area contributed by atoms with Crippen LogP contribution in [0.25, 0.3) is 0 Å². The van der Waals surface area contributed by atoms with Crippen molar-refractivity contribution in [3.05, 3.63) is 28.8 Å². The van der Waals surface area contributed by atoms with Gasteiger partial charge in [0.15, 0.2) is 17.4 Å². The van der Waals surface area contributed by atoms with Crippen molar-refractivity contribution in [3.63, 3.8) is 0 Å². The van der Waals surface area contributed by atoms with Gasteiger partial charge in [0.25, 0.3) is 5.92 Å². The van der Waals surface area contributed by atoms with Crippen molar-refractivity contribution in [2.75, 3.05) is 7.11 Å². The molecule has 0 saturated heterocycles. The van der Waals surface area contributed by atoms with Gasteiger partial charge in [-0.15, -0.1) is 0 Å². The highest BCUT2D eigenvalue weighted by molar-refractivity contribution is 5.36. The van der Waals surface area contributed by atoms with E-state index in [0.717, 1.165) is 7.11 Å². The summed E-state index contributed by atoms with van der Waals surface area (Å²) in [7, 11) is 0.754. The van der Waals surface area contributed by atoms with E-state index in [1.165, 1.54) is 0 Å². The Balaban J connectivity index is 3.67. The molecule has 16 heavy (non-hydrogen) atoms. The van der Waals surface area contributed by atoms with Crippen LogP contribution in [0.15, 0.2) is 0 Å². The molecule has 0 saturated carbocycles. The fourth-order valence-electron chi connectivity index (χ4n) is 1.18. The minimum absolute atomic E-state index is 0.125. The molecule has 0 aliphatic carbocycles. The standard InChI is InChI=1S/C9H6F6O/c1-9(14,15)3-4(10)6(12)8(16-2)7(13)5(3)11/h1-2H3. The van der Waals surface area contributed by atoms with E-state index < -0.39 is 40.5 Å². The minimum atomic E-state index is -4.04. The van der Waals surface area contributed by atoms with Gasteiger partial charge in [-0.05, 0) is 0 Å². The lowest BCUT2D eigenvalue weighted by atomic mass is 10.1. The number of hydrogen-bond acceptors (Lipinski definition) is 1. The fourth-order valence-corrected chi connectivity index (χ4v) is 1.18. The molecule has 0 N–H and O–H groups in total. The van der Waals surface area contributed by atoms with Gasteiger partial charge in [-0.1, -0.05) is 0 Å². The normalized spacial score (nSPS) is 11.8. The summed E-state index contributed by atoms with van der Waals surface area (Å²) in [5.41, 5.74) is -1.96. The van der Waals surface area contributed by atoms with Crippen LogP contribution >= 0.6 is 0 Å². The molecule has 0 fully saturated rings. The fraction of sp³-hybridized carbons (Fsp3) is 0.333. The third-order valence-corrected chi connectivity index (χ3v) is 1.87. The van der Waals surface area contributed by atoms with Crippen LogP contribution in [0.3, 0.4) is 0 Å². The van der Waals surface area contributed by atoms with E-state index >= 15 is 0 Å². The molecule has 1 nitrogen and oxygen atoms in total. The van der Waals surface area contributed by atoms with Gasteiger partial charge < -0.3 is 4.74 Å².